The van der Waals surface area contributed by atoms with E-state index in [0.717, 1.165) is 23.4 Å². The van der Waals surface area contributed by atoms with Gasteiger partial charge in [-0.15, -0.1) is 11.8 Å². The van der Waals surface area contributed by atoms with Gasteiger partial charge in [0.05, 0.1) is 30.2 Å². The van der Waals surface area contributed by atoms with Crippen molar-refractivity contribution in [1.82, 2.24) is 0 Å². The number of nitrogens with one attached hydrogen (secondary N) is 2. The van der Waals surface area contributed by atoms with Gasteiger partial charge in [0.2, 0.25) is 11.8 Å². The predicted octanol–water partition coefficient (Wildman–Crippen LogP) is 4.83. The Morgan fingerprint density at radius 1 is 1.10 bits per heavy atom. The Morgan fingerprint density at radius 2 is 1.83 bits per heavy atom. The zero-order chi connectivity index (χ0) is 21.0. The number of halogens is 1. The number of methoxy groups -OCH3 is 2. The number of hydrogen-bond donors (Lipinski definition) is 2. The number of anilines is 2. The lowest BCUT2D eigenvalue weighted by Crippen LogP contribution is -2.22. The summed E-state index contributed by atoms with van der Waals surface area (Å²) in [7, 11) is 3.02. The first-order chi connectivity index (χ1) is 13.9. The van der Waals surface area contributed by atoms with Crippen LogP contribution in [0.3, 0.4) is 0 Å². The lowest BCUT2D eigenvalue weighted by molar-refractivity contribution is -0.117. The summed E-state index contributed by atoms with van der Waals surface area (Å²) in [5.74, 6) is 0.932. The van der Waals surface area contributed by atoms with Gasteiger partial charge in [-0.1, -0.05) is 17.7 Å². The molecule has 2 aromatic rings. The van der Waals surface area contributed by atoms with Crippen LogP contribution in [0, 0.1) is 5.92 Å². The van der Waals surface area contributed by atoms with E-state index in [1.807, 2.05) is 31.2 Å². The highest BCUT2D eigenvalue weighted by Crippen LogP contribution is 2.36. The fourth-order valence-electron chi connectivity index (χ4n) is 2.69. The Bertz CT molecular complexity index is 918. The van der Waals surface area contributed by atoms with Gasteiger partial charge < -0.3 is 20.1 Å². The Balaban J connectivity index is 1.65. The monoisotopic (exact) mass is 434 g/mol. The standard InChI is InChI=1S/C21H23ClN2O4S/c1-12(20(25)24-17-10-16(22)18(27-2)11-19(17)28-3)29-15-6-4-5-14(9-15)23-21(26)13-7-8-13/h4-6,9-13H,7-8H2,1-3H3,(H,23,26)(H,24,25). The normalized spacial score (nSPS) is 14.1. The van der Waals surface area contributed by atoms with Gasteiger partial charge in [0, 0.05) is 22.6 Å². The minimum absolute atomic E-state index is 0.0569. The molecule has 1 saturated carbocycles. The van der Waals surface area contributed by atoms with Gasteiger partial charge in [-0.25, -0.2) is 0 Å². The van der Waals surface area contributed by atoms with Crippen LogP contribution in [0.25, 0.3) is 0 Å². The molecule has 1 unspecified atom stereocenters. The summed E-state index contributed by atoms with van der Waals surface area (Å²) in [6.07, 6.45) is 1.91. The maximum atomic E-state index is 12.7. The molecule has 0 aromatic heterocycles. The van der Waals surface area contributed by atoms with Gasteiger partial charge in [0.15, 0.2) is 0 Å². The fraction of sp³-hybridized carbons (Fsp3) is 0.333. The van der Waals surface area contributed by atoms with Gasteiger partial charge in [-0.2, -0.15) is 0 Å². The average Bonchev–Trinajstić information content (AvgIpc) is 3.54. The zero-order valence-electron chi connectivity index (χ0n) is 16.5. The third-order valence-corrected chi connectivity index (χ3v) is 5.85. The van der Waals surface area contributed by atoms with Gasteiger partial charge in [0.25, 0.3) is 0 Å². The second-order valence-corrected chi connectivity index (χ2v) is 8.55. The number of benzene rings is 2. The first-order valence-corrected chi connectivity index (χ1v) is 10.5. The van der Waals surface area contributed by atoms with Crippen molar-refractivity contribution >= 4 is 46.6 Å². The maximum absolute atomic E-state index is 12.7. The lowest BCUT2D eigenvalue weighted by Gasteiger charge is -2.16. The van der Waals surface area contributed by atoms with Crippen molar-refractivity contribution in [2.75, 3.05) is 24.9 Å². The Kier molecular flexibility index (Phi) is 6.92. The first-order valence-electron chi connectivity index (χ1n) is 9.21. The van der Waals surface area contributed by atoms with Gasteiger partial charge >= 0.3 is 0 Å². The average molecular weight is 435 g/mol. The minimum Gasteiger partial charge on any atom is -0.495 e. The SMILES string of the molecule is COc1cc(OC)c(NC(=O)C(C)Sc2cccc(NC(=O)C3CC3)c2)cc1Cl. The quantitative estimate of drug-likeness (QED) is 0.582. The molecule has 0 radical (unpaired) electrons. The Hall–Kier alpha value is -2.38. The van der Waals surface area contributed by atoms with E-state index in [1.54, 1.807) is 12.1 Å². The molecule has 1 atom stereocenters. The summed E-state index contributed by atoms with van der Waals surface area (Å²) < 4.78 is 10.5. The molecule has 1 fully saturated rings. The number of thioether (sulfide) groups is 1. The van der Waals surface area contributed by atoms with Crippen LogP contribution in [0.1, 0.15) is 19.8 Å². The molecule has 0 aliphatic heterocycles. The molecule has 1 aliphatic rings. The van der Waals surface area contributed by atoms with Gasteiger partial charge in [0.1, 0.15) is 11.5 Å². The highest BCUT2D eigenvalue weighted by Gasteiger charge is 2.29. The smallest absolute Gasteiger partial charge is 0.237 e. The van der Waals surface area contributed by atoms with Gasteiger partial charge in [-0.3, -0.25) is 9.59 Å². The lowest BCUT2D eigenvalue weighted by atomic mass is 10.2. The molecule has 6 nitrogen and oxygen atoms in total. The molecule has 1 aliphatic carbocycles. The number of carbonyl (C=O) groups is 2. The summed E-state index contributed by atoms with van der Waals surface area (Å²) in [6.45, 7) is 1.81. The van der Waals surface area contributed by atoms with E-state index < -0.39 is 0 Å². The zero-order valence-corrected chi connectivity index (χ0v) is 18.0. The summed E-state index contributed by atoms with van der Waals surface area (Å²) in [5, 5.41) is 5.77. The van der Waals surface area contributed by atoms with E-state index in [2.05, 4.69) is 10.6 Å². The Morgan fingerprint density at radius 3 is 2.48 bits per heavy atom. The second kappa shape index (κ2) is 9.41. The Labute approximate surface area is 179 Å². The molecule has 0 heterocycles. The van der Waals surface area contributed by atoms with E-state index in [-0.39, 0.29) is 23.0 Å². The van der Waals surface area contributed by atoms with Crippen molar-refractivity contribution in [1.29, 1.82) is 0 Å². The third-order valence-electron chi connectivity index (χ3n) is 4.46. The summed E-state index contributed by atoms with van der Waals surface area (Å²) in [5.41, 5.74) is 1.21. The second-order valence-electron chi connectivity index (χ2n) is 6.73. The van der Waals surface area contributed by atoms with Gasteiger partial charge in [-0.05, 0) is 44.0 Å². The molecule has 0 saturated heterocycles. The van der Waals surface area contributed by atoms with E-state index in [4.69, 9.17) is 21.1 Å². The van der Waals surface area contributed by atoms with E-state index in [9.17, 15) is 9.59 Å². The van der Waals surface area contributed by atoms with Crippen LogP contribution in [0.2, 0.25) is 5.02 Å². The van der Waals surface area contributed by atoms with Crippen molar-refractivity contribution < 1.29 is 19.1 Å². The van der Waals surface area contributed by atoms with E-state index in [1.165, 1.54) is 26.0 Å². The molecule has 154 valence electrons. The summed E-state index contributed by atoms with van der Waals surface area (Å²) in [6, 6.07) is 10.7. The molecule has 2 aromatic carbocycles. The molecule has 3 rings (SSSR count). The largest absolute Gasteiger partial charge is 0.495 e. The molecule has 2 amide bonds. The minimum atomic E-state index is -0.380. The molecular formula is C21H23ClN2O4S. The molecule has 29 heavy (non-hydrogen) atoms. The first kappa shape index (κ1) is 21.3. The predicted molar refractivity (Wildman–Crippen MR) is 116 cm³/mol. The molecule has 0 bridgehead atoms. The number of carbonyl (C=O) groups excluding carboxylic acids is 2. The van der Waals surface area contributed by atoms with Crippen LogP contribution in [-0.4, -0.2) is 31.3 Å². The van der Waals surface area contributed by atoms with Crippen molar-refractivity contribution in [2.24, 2.45) is 5.92 Å². The van der Waals surface area contributed by atoms with E-state index >= 15 is 0 Å². The van der Waals surface area contributed by atoms with Crippen molar-refractivity contribution in [3.8, 4) is 11.5 Å². The topological polar surface area (TPSA) is 76.7 Å². The van der Waals surface area contributed by atoms with Crippen molar-refractivity contribution in [2.45, 2.75) is 29.9 Å². The van der Waals surface area contributed by atoms with Crippen molar-refractivity contribution in [3.05, 3.63) is 41.4 Å². The molecular weight excluding hydrogens is 412 g/mol. The van der Waals surface area contributed by atoms with Crippen LogP contribution in [0.15, 0.2) is 41.3 Å². The van der Waals surface area contributed by atoms with Crippen LogP contribution in [0.5, 0.6) is 11.5 Å². The summed E-state index contributed by atoms with van der Waals surface area (Å²) >= 11 is 7.56. The highest BCUT2D eigenvalue weighted by atomic mass is 35.5. The van der Waals surface area contributed by atoms with Crippen LogP contribution >= 0.6 is 23.4 Å². The van der Waals surface area contributed by atoms with Crippen LogP contribution < -0.4 is 20.1 Å². The van der Waals surface area contributed by atoms with Crippen LogP contribution in [0.4, 0.5) is 11.4 Å². The molecule has 8 heteroatoms. The highest BCUT2D eigenvalue weighted by molar-refractivity contribution is 8.00. The fourth-order valence-corrected chi connectivity index (χ4v) is 3.85. The van der Waals surface area contributed by atoms with Crippen LogP contribution in [-0.2, 0) is 9.59 Å². The molecule has 2 N–H and O–H groups in total. The molecule has 0 spiro atoms. The number of amides is 2. The third kappa shape index (κ3) is 5.58. The number of rotatable bonds is 8. The summed E-state index contributed by atoms with van der Waals surface area (Å²) in [4.78, 5) is 25.5. The number of ether oxygens (including phenoxy) is 2. The maximum Gasteiger partial charge on any atom is 0.237 e. The van der Waals surface area contributed by atoms with Crippen molar-refractivity contribution in [3.63, 3.8) is 0 Å². The number of hydrogen-bond acceptors (Lipinski definition) is 5. The van der Waals surface area contributed by atoms with E-state index in [0.29, 0.717) is 22.2 Å².